The van der Waals surface area contributed by atoms with Crippen LogP contribution in [0.2, 0.25) is 0 Å². The maximum Gasteiger partial charge on any atom is 0.276 e. The number of anilines is 2. The van der Waals surface area contributed by atoms with Crippen LogP contribution in [0.4, 0.5) is 20.2 Å². The van der Waals surface area contributed by atoms with Crippen molar-refractivity contribution in [1.29, 1.82) is 0 Å². The van der Waals surface area contributed by atoms with Crippen LogP contribution in [-0.2, 0) is 13.1 Å². The lowest BCUT2D eigenvalue weighted by Crippen LogP contribution is -2.40. The Kier molecular flexibility index (Phi) is 4.35. The Labute approximate surface area is 155 Å². The second-order valence-electron chi connectivity index (χ2n) is 6.51. The van der Waals surface area contributed by atoms with Crippen molar-refractivity contribution in [2.75, 3.05) is 23.4 Å². The van der Waals surface area contributed by atoms with Gasteiger partial charge in [0.25, 0.3) is 5.91 Å². The molecule has 0 unspecified atom stereocenters. The highest BCUT2D eigenvalue weighted by Gasteiger charge is 2.27. The Balaban J connectivity index is 1.54. The molecule has 0 bridgehead atoms. The molecule has 3 aromatic rings. The fourth-order valence-electron chi connectivity index (χ4n) is 3.24. The van der Waals surface area contributed by atoms with E-state index in [0.29, 0.717) is 31.0 Å². The maximum atomic E-state index is 13.4. The van der Waals surface area contributed by atoms with Gasteiger partial charge in [0.1, 0.15) is 17.3 Å². The summed E-state index contributed by atoms with van der Waals surface area (Å²) in [6.45, 7) is 1.48. The fraction of sp³-hybridized carbons (Fsp3) is 0.200. The van der Waals surface area contributed by atoms with Gasteiger partial charge in [-0.15, -0.1) is 0 Å². The molecule has 0 fully saturated rings. The summed E-state index contributed by atoms with van der Waals surface area (Å²) in [6.07, 6.45) is 0. The lowest BCUT2D eigenvalue weighted by atomic mass is 10.2. The standard InChI is InChI=1S/C20H18F2N4O/c1-24(18-4-2-3-15(22)11-18)13-16-12-19-20(27)25(9-10-26(19)23-16)17-7-5-14(21)6-8-17/h2-8,11-12H,9-10,13H2,1H3. The molecule has 1 aliphatic rings. The van der Waals surface area contributed by atoms with E-state index in [9.17, 15) is 13.6 Å². The molecule has 1 aliphatic heterocycles. The van der Waals surface area contributed by atoms with Crippen LogP contribution >= 0.6 is 0 Å². The highest BCUT2D eigenvalue weighted by atomic mass is 19.1. The summed E-state index contributed by atoms with van der Waals surface area (Å²) in [5, 5.41) is 4.51. The van der Waals surface area contributed by atoms with Crippen LogP contribution in [0, 0.1) is 11.6 Å². The summed E-state index contributed by atoms with van der Waals surface area (Å²) in [5.41, 5.74) is 2.62. The molecule has 0 saturated carbocycles. The van der Waals surface area contributed by atoms with Crippen LogP contribution in [-0.4, -0.2) is 29.3 Å². The van der Waals surface area contributed by atoms with Gasteiger partial charge in [0, 0.05) is 25.0 Å². The number of rotatable bonds is 4. The van der Waals surface area contributed by atoms with Gasteiger partial charge in [0.2, 0.25) is 0 Å². The van der Waals surface area contributed by atoms with Gasteiger partial charge in [-0.1, -0.05) is 6.07 Å². The number of benzene rings is 2. The summed E-state index contributed by atoms with van der Waals surface area (Å²) in [7, 11) is 1.85. The third-order valence-corrected chi connectivity index (χ3v) is 4.62. The summed E-state index contributed by atoms with van der Waals surface area (Å²) < 4.78 is 28.2. The summed E-state index contributed by atoms with van der Waals surface area (Å²) in [6, 6.07) is 14.0. The number of hydrogen-bond acceptors (Lipinski definition) is 3. The topological polar surface area (TPSA) is 41.4 Å². The highest BCUT2D eigenvalue weighted by molar-refractivity contribution is 6.05. The third kappa shape index (κ3) is 3.40. The largest absolute Gasteiger partial charge is 0.369 e. The molecule has 0 saturated heterocycles. The number of fused-ring (bicyclic) bond motifs is 1. The first-order chi connectivity index (χ1) is 13.0. The first-order valence-electron chi connectivity index (χ1n) is 8.62. The van der Waals surface area contributed by atoms with Crippen molar-refractivity contribution in [3.05, 3.63) is 77.6 Å². The van der Waals surface area contributed by atoms with Gasteiger partial charge in [-0.05, 0) is 48.5 Å². The van der Waals surface area contributed by atoms with Crippen LogP contribution in [0.5, 0.6) is 0 Å². The number of carbonyl (C=O) groups excluding carboxylic acids is 1. The quantitative estimate of drug-likeness (QED) is 0.708. The molecule has 1 aromatic heterocycles. The van der Waals surface area contributed by atoms with E-state index in [1.165, 1.54) is 24.3 Å². The number of hydrogen-bond donors (Lipinski definition) is 0. The van der Waals surface area contributed by atoms with Crippen molar-refractivity contribution >= 4 is 17.3 Å². The monoisotopic (exact) mass is 368 g/mol. The second kappa shape index (κ2) is 6.83. The molecule has 0 atom stereocenters. The van der Waals surface area contributed by atoms with E-state index in [2.05, 4.69) is 5.10 Å². The van der Waals surface area contributed by atoms with Gasteiger partial charge in [-0.25, -0.2) is 8.78 Å². The molecule has 4 rings (SSSR count). The van der Waals surface area contributed by atoms with Gasteiger partial charge >= 0.3 is 0 Å². The second-order valence-corrected chi connectivity index (χ2v) is 6.51. The lowest BCUT2D eigenvalue weighted by molar-refractivity contribution is 0.0962. The highest BCUT2D eigenvalue weighted by Crippen LogP contribution is 2.23. The van der Waals surface area contributed by atoms with Crippen LogP contribution < -0.4 is 9.80 Å². The molecule has 27 heavy (non-hydrogen) atoms. The van der Waals surface area contributed by atoms with E-state index in [-0.39, 0.29) is 17.5 Å². The zero-order valence-corrected chi connectivity index (χ0v) is 14.8. The van der Waals surface area contributed by atoms with Crippen molar-refractivity contribution < 1.29 is 13.6 Å². The Bertz CT molecular complexity index is 984. The molecule has 2 aromatic carbocycles. The Morgan fingerprint density at radius 2 is 1.81 bits per heavy atom. The number of aromatic nitrogens is 2. The number of nitrogens with zero attached hydrogens (tertiary/aromatic N) is 4. The number of carbonyl (C=O) groups is 1. The SMILES string of the molecule is CN(Cc1cc2n(n1)CCN(c1ccc(F)cc1)C2=O)c1cccc(F)c1. The average Bonchev–Trinajstić information content (AvgIpc) is 3.06. The Hall–Kier alpha value is -3.22. The first kappa shape index (κ1) is 17.2. The zero-order chi connectivity index (χ0) is 19.0. The third-order valence-electron chi connectivity index (χ3n) is 4.62. The first-order valence-corrected chi connectivity index (χ1v) is 8.62. The molecule has 1 amide bonds. The van der Waals surface area contributed by atoms with E-state index < -0.39 is 0 Å². The van der Waals surface area contributed by atoms with E-state index in [1.54, 1.807) is 33.8 Å². The zero-order valence-electron chi connectivity index (χ0n) is 14.8. The summed E-state index contributed by atoms with van der Waals surface area (Å²) in [5.74, 6) is -0.801. The van der Waals surface area contributed by atoms with Crippen molar-refractivity contribution in [2.24, 2.45) is 0 Å². The molecule has 2 heterocycles. The average molecular weight is 368 g/mol. The molecule has 0 radical (unpaired) electrons. The molecule has 7 heteroatoms. The van der Waals surface area contributed by atoms with Crippen LogP contribution in [0.25, 0.3) is 0 Å². The van der Waals surface area contributed by atoms with Crippen molar-refractivity contribution in [2.45, 2.75) is 13.1 Å². The molecule has 0 aliphatic carbocycles. The predicted molar refractivity (Wildman–Crippen MR) is 98.8 cm³/mol. The minimum absolute atomic E-state index is 0.167. The van der Waals surface area contributed by atoms with Crippen LogP contribution in [0.3, 0.4) is 0 Å². The Morgan fingerprint density at radius 1 is 1.04 bits per heavy atom. The predicted octanol–water partition coefficient (Wildman–Crippen LogP) is 3.46. The fourth-order valence-corrected chi connectivity index (χ4v) is 3.24. The minimum atomic E-state index is -0.337. The molecule has 138 valence electrons. The van der Waals surface area contributed by atoms with Gasteiger partial charge in [-0.3, -0.25) is 9.48 Å². The summed E-state index contributed by atoms with van der Waals surface area (Å²) >= 11 is 0. The van der Waals surface area contributed by atoms with Crippen molar-refractivity contribution in [3.8, 4) is 0 Å². The van der Waals surface area contributed by atoms with Gasteiger partial charge in [0.15, 0.2) is 0 Å². The van der Waals surface area contributed by atoms with Gasteiger partial charge in [0.05, 0.1) is 18.8 Å². The van der Waals surface area contributed by atoms with Crippen molar-refractivity contribution in [1.82, 2.24) is 9.78 Å². The number of amides is 1. The minimum Gasteiger partial charge on any atom is -0.369 e. The number of halogens is 2. The van der Waals surface area contributed by atoms with Gasteiger partial charge in [-0.2, -0.15) is 5.10 Å². The van der Waals surface area contributed by atoms with E-state index in [0.717, 1.165) is 11.4 Å². The molecular weight excluding hydrogens is 350 g/mol. The molecule has 5 nitrogen and oxygen atoms in total. The van der Waals surface area contributed by atoms with E-state index in [4.69, 9.17) is 0 Å². The van der Waals surface area contributed by atoms with Crippen molar-refractivity contribution in [3.63, 3.8) is 0 Å². The Morgan fingerprint density at radius 3 is 2.56 bits per heavy atom. The molecule has 0 spiro atoms. The van der Waals surface area contributed by atoms with Crippen LogP contribution in [0.15, 0.2) is 54.6 Å². The van der Waals surface area contributed by atoms with E-state index >= 15 is 0 Å². The molecular formula is C20H18F2N4O. The summed E-state index contributed by atoms with van der Waals surface area (Å²) in [4.78, 5) is 16.3. The normalized spacial score (nSPS) is 13.6. The molecule has 0 N–H and O–H groups in total. The smallest absolute Gasteiger partial charge is 0.276 e. The lowest BCUT2D eigenvalue weighted by Gasteiger charge is -2.27. The maximum absolute atomic E-state index is 13.4. The van der Waals surface area contributed by atoms with Crippen LogP contribution in [0.1, 0.15) is 16.2 Å². The van der Waals surface area contributed by atoms with Gasteiger partial charge < -0.3 is 9.80 Å². The van der Waals surface area contributed by atoms with E-state index in [1.807, 2.05) is 18.0 Å².